The summed E-state index contributed by atoms with van der Waals surface area (Å²) < 4.78 is 5.85. The molecule has 1 saturated heterocycles. The van der Waals surface area contributed by atoms with Crippen LogP contribution in [0, 0.1) is 12.8 Å². The largest absolute Gasteiger partial charge is 0.507 e. The van der Waals surface area contributed by atoms with Crippen LogP contribution in [0.4, 0.5) is 0 Å². The molecule has 1 fully saturated rings. The number of halogens is 1. The highest BCUT2D eigenvalue weighted by Gasteiger charge is 2.46. The highest BCUT2D eigenvalue weighted by Crippen LogP contribution is 2.40. The maximum Gasteiger partial charge on any atom is 0.295 e. The summed E-state index contributed by atoms with van der Waals surface area (Å²) in [6.45, 7) is 13.4. The smallest absolute Gasteiger partial charge is 0.295 e. The van der Waals surface area contributed by atoms with E-state index in [9.17, 15) is 14.7 Å². The highest BCUT2D eigenvalue weighted by atomic mass is 35.5. The standard InChI is InChI=1S/C28H35ClN2O4/c1-6-30(7-2)14-15-31-25(20-8-11-22(29)12-9-20)24(27(33)28(31)34)26(32)21-10-13-23(19(5)16-21)35-17-18(3)4/h8-13,16,18,25,32H,6-7,14-15,17H2,1-5H3/b26-24+/t25-/m1/s1. The van der Waals surface area contributed by atoms with Gasteiger partial charge < -0.3 is 19.6 Å². The number of aliphatic hydroxyl groups is 1. The molecule has 6 nitrogen and oxygen atoms in total. The molecule has 7 heteroatoms. The predicted octanol–water partition coefficient (Wildman–Crippen LogP) is 5.45. The van der Waals surface area contributed by atoms with Gasteiger partial charge in [0.25, 0.3) is 11.7 Å². The first-order valence-corrected chi connectivity index (χ1v) is 12.6. The van der Waals surface area contributed by atoms with Gasteiger partial charge in [-0.2, -0.15) is 0 Å². The molecule has 1 aliphatic heterocycles. The minimum Gasteiger partial charge on any atom is -0.507 e. The summed E-state index contributed by atoms with van der Waals surface area (Å²) in [5, 5.41) is 11.9. The highest BCUT2D eigenvalue weighted by molar-refractivity contribution is 6.46. The van der Waals surface area contributed by atoms with Gasteiger partial charge in [0.2, 0.25) is 0 Å². The summed E-state index contributed by atoms with van der Waals surface area (Å²) in [6, 6.07) is 11.7. The maximum absolute atomic E-state index is 13.2. The molecule has 1 atom stereocenters. The van der Waals surface area contributed by atoms with Crippen molar-refractivity contribution in [2.75, 3.05) is 32.8 Å². The molecule has 0 bridgehead atoms. The molecule has 0 saturated carbocycles. The number of carbonyl (C=O) groups excluding carboxylic acids is 2. The second kappa shape index (κ2) is 11.7. The molecule has 3 rings (SSSR count). The molecule has 1 N–H and O–H groups in total. The minimum atomic E-state index is -0.694. The number of hydrogen-bond donors (Lipinski definition) is 1. The Morgan fingerprint density at radius 3 is 2.34 bits per heavy atom. The number of amides is 1. The van der Waals surface area contributed by atoms with E-state index in [0.717, 1.165) is 30.0 Å². The monoisotopic (exact) mass is 498 g/mol. The summed E-state index contributed by atoms with van der Waals surface area (Å²) in [7, 11) is 0. The number of likely N-dealkylation sites (tertiary alicyclic amines) is 1. The molecule has 1 heterocycles. The van der Waals surface area contributed by atoms with Crippen molar-refractivity contribution in [2.24, 2.45) is 5.92 Å². The number of Topliss-reactive ketones (excluding diaryl/α,β-unsaturated/α-hetero) is 1. The molecule has 2 aromatic rings. The van der Waals surface area contributed by atoms with Crippen LogP contribution >= 0.6 is 11.6 Å². The van der Waals surface area contributed by atoms with Gasteiger partial charge in [0.05, 0.1) is 18.2 Å². The van der Waals surface area contributed by atoms with Crippen LogP contribution in [0.3, 0.4) is 0 Å². The van der Waals surface area contributed by atoms with E-state index in [1.54, 1.807) is 47.4 Å². The van der Waals surface area contributed by atoms with Crippen molar-refractivity contribution in [3.63, 3.8) is 0 Å². The third kappa shape index (κ3) is 6.06. The van der Waals surface area contributed by atoms with Crippen molar-refractivity contribution in [3.8, 4) is 5.75 Å². The summed E-state index contributed by atoms with van der Waals surface area (Å²) in [5.41, 5.74) is 2.13. The van der Waals surface area contributed by atoms with E-state index in [0.29, 0.717) is 36.2 Å². The Morgan fingerprint density at radius 2 is 1.77 bits per heavy atom. The van der Waals surface area contributed by atoms with Crippen molar-refractivity contribution < 1.29 is 19.4 Å². The van der Waals surface area contributed by atoms with Crippen LogP contribution in [0.5, 0.6) is 5.75 Å². The van der Waals surface area contributed by atoms with E-state index >= 15 is 0 Å². The van der Waals surface area contributed by atoms with E-state index in [4.69, 9.17) is 16.3 Å². The van der Waals surface area contributed by atoms with Gasteiger partial charge in [0.15, 0.2) is 0 Å². The molecule has 0 aromatic heterocycles. The minimum absolute atomic E-state index is 0.0899. The number of likely N-dealkylation sites (N-methyl/N-ethyl adjacent to an activating group) is 1. The van der Waals surface area contributed by atoms with Crippen LogP contribution in [0.15, 0.2) is 48.0 Å². The average molecular weight is 499 g/mol. The second-order valence-corrected chi connectivity index (χ2v) is 9.69. The number of rotatable bonds is 10. The lowest BCUT2D eigenvalue weighted by Gasteiger charge is -2.28. The van der Waals surface area contributed by atoms with Gasteiger partial charge in [-0.1, -0.05) is 51.4 Å². The second-order valence-electron chi connectivity index (χ2n) is 9.26. The first kappa shape index (κ1) is 26.8. The summed E-state index contributed by atoms with van der Waals surface area (Å²) in [5.74, 6) is -0.363. The molecule has 188 valence electrons. The number of ketones is 1. The fourth-order valence-electron chi connectivity index (χ4n) is 4.26. The van der Waals surface area contributed by atoms with Gasteiger partial charge in [0.1, 0.15) is 11.5 Å². The normalized spacial score (nSPS) is 17.6. The number of benzene rings is 2. The molecule has 35 heavy (non-hydrogen) atoms. The predicted molar refractivity (Wildman–Crippen MR) is 140 cm³/mol. The lowest BCUT2D eigenvalue weighted by Crippen LogP contribution is -2.38. The van der Waals surface area contributed by atoms with E-state index in [2.05, 4.69) is 32.6 Å². The average Bonchev–Trinajstić information content (AvgIpc) is 3.08. The first-order valence-electron chi connectivity index (χ1n) is 12.2. The van der Waals surface area contributed by atoms with Crippen LogP contribution in [0.25, 0.3) is 5.76 Å². The van der Waals surface area contributed by atoms with Gasteiger partial charge in [-0.3, -0.25) is 9.59 Å². The van der Waals surface area contributed by atoms with Gasteiger partial charge in [0, 0.05) is 23.7 Å². The van der Waals surface area contributed by atoms with Gasteiger partial charge in [-0.15, -0.1) is 0 Å². The zero-order valence-corrected chi connectivity index (χ0v) is 21.9. The molecular formula is C28H35ClN2O4. The summed E-state index contributed by atoms with van der Waals surface area (Å²) in [6.07, 6.45) is 0. The van der Waals surface area contributed by atoms with E-state index in [1.165, 1.54) is 0 Å². The van der Waals surface area contributed by atoms with Crippen molar-refractivity contribution in [3.05, 3.63) is 69.8 Å². The summed E-state index contributed by atoms with van der Waals surface area (Å²) in [4.78, 5) is 30.1. The SMILES string of the molecule is CCN(CC)CCN1C(=O)C(=O)/C(=C(/O)c2ccc(OCC(C)C)c(C)c2)[C@H]1c1ccc(Cl)cc1. The molecule has 0 unspecified atom stereocenters. The van der Waals surface area contributed by atoms with E-state index in [-0.39, 0.29) is 11.3 Å². The Labute approximate surface area is 213 Å². The lowest BCUT2D eigenvalue weighted by atomic mass is 9.95. The van der Waals surface area contributed by atoms with Gasteiger partial charge in [-0.05, 0) is 67.4 Å². The van der Waals surface area contributed by atoms with Crippen LogP contribution in [0.2, 0.25) is 5.02 Å². The number of ether oxygens (including phenoxy) is 1. The molecule has 0 spiro atoms. The molecule has 1 aliphatic rings. The molecule has 0 radical (unpaired) electrons. The number of aliphatic hydroxyl groups excluding tert-OH is 1. The Balaban J connectivity index is 2.04. The number of hydrogen-bond acceptors (Lipinski definition) is 5. The van der Waals surface area contributed by atoms with E-state index in [1.807, 2.05) is 6.92 Å². The first-order chi connectivity index (χ1) is 16.7. The van der Waals surface area contributed by atoms with Crippen LogP contribution < -0.4 is 4.74 Å². The van der Waals surface area contributed by atoms with Crippen molar-refractivity contribution in [2.45, 2.75) is 40.7 Å². The Hall–Kier alpha value is -2.83. The molecule has 1 amide bonds. The van der Waals surface area contributed by atoms with Gasteiger partial charge in [-0.25, -0.2) is 0 Å². The van der Waals surface area contributed by atoms with Crippen molar-refractivity contribution in [1.29, 1.82) is 0 Å². The number of nitrogens with zero attached hydrogens (tertiary/aromatic N) is 2. The third-order valence-corrected chi connectivity index (χ3v) is 6.55. The van der Waals surface area contributed by atoms with Crippen molar-refractivity contribution in [1.82, 2.24) is 9.80 Å². The maximum atomic E-state index is 13.2. The van der Waals surface area contributed by atoms with Crippen LogP contribution in [-0.4, -0.2) is 59.4 Å². The van der Waals surface area contributed by atoms with E-state index < -0.39 is 17.7 Å². The molecule has 2 aromatic carbocycles. The topological polar surface area (TPSA) is 70.1 Å². The Bertz CT molecular complexity index is 1090. The zero-order chi connectivity index (χ0) is 25.7. The van der Waals surface area contributed by atoms with Crippen LogP contribution in [0.1, 0.15) is 50.4 Å². The third-order valence-electron chi connectivity index (χ3n) is 6.30. The van der Waals surface area contributed by atoms with Crippen molar-refractivity contribution >= 4 is 29.1 Å². The molecular weight excluding hydrogens is 464 g/mol. The van der Waals surface area contributed by atoms with Gasteiger partial charge >= 0.3 is 0 Å². The Kier molecular flexibility index (Phi) is 8.98. The fraction of sp³-hybridized carbons (Fsp3) is 0.429. The zero-order valence-electron chi connectivity index (χ0n) is 21.2. The Morgan fingerprint density at radius 1 is 1.11 bits per heavy atom. The molecule has 0 aliphatic carbocycles. The fourth-order valence-corrected chi connectivity index (χ4v) is 4.39. The summed E-state index contributed by atoms with van der Waals surface area (Å²) >= 11 is 6.10. The number of carbonyl (C=O) groups is 2. The van der Waals surface area contributed by atoms with Crippen LogP contribution in [-0.2, 0) is 9.59 Å². The quantitative estimate of drug-likeness (QED) is 0.268. The number of aryl methyl sites for hydroxylation is 1. The lowest BCUT2D eigenvalue weighted by molar-refractivity contribution is -0.140.